The van der Waals surface area contributed by atoms with E-state index >= 15 is 0 Å². The molecule has 2 amide bonds. The van der Waals surface area contributed by atoms with Crippen LogP contribution in [0.2, 0.25) is 0 Å². The van der Waals surface area contributed by atoms with Crippen molar-refractivity contribution in [1.82, 2.24) is 10.6 Å². The van der Waals surface area contributed by atoms with Gasteiger partial charge in [-0.2, -0.15) is 0 Å². The topological polar surface area (TPSA) is 59.6 Å². The number of ether oxygens (including phenoxy) is 2. The summed E-state index contributed by atoms with van der Waals surface area (Å²) in [6, 6.07) is 10.00. The van der Waals surface area contributed by atoms with Crippen LogP contribution in [0.15, 0.2) is 30.3 Å². The van der Waals surface area contributed by atoms with Crippen LogP contribution < -0.4 is 15.4 Å². The van der Waals surface area contributed by atoms with Crippen molar-refractivity contribution in [3.63, 3.8) is 0 Å². The second kappa shape index (κ2) is 8.38. The summed E-state index contributed by atoms with van der Waals surface area (Å²) in [6.45, 7) is 3.68. The molecule has 1 saturated carbocycles. The Kier molecular flexibility index (Phi) is 5.96. The van der Waals surface area contributed by atoms with Gasteiger partial charge in [0.15, 0.2) is 0 Å². The summed E-state index contributed by atoms with van der Waals surface area (Å²) in [5, 5.41) is 6.21. The highest BCUT2D eigenvalue weighted by molar-refractivity contribution is 5.74. The highest BCUT2D eigenvalue weighted by atomic mass is 16.5. The number of hydrogen-bond acceptors (Lipinski definition) is 3. The molecule has 2 fully saturated rings. The second-order valence-electron chi connectivity index (χ2n) is 6.86. The van der Waals surface area contributed by atoms with Crippen molar-refractivity contribution in [2.45, 2.75) is 57.2 Å². The summed E-state index contributed by atoms with van der Waals surface area (Å²) in [5.74, 6) is 1.37. The Morgan fingerprint density at radius 3 is 2.67 bits per heavy atom. The monoisotopic (exact) mass is 332 g/mol. The molecule has 5 heteroatoms. The molecule has 0 aromatic heterocycles. The molecule has 1 aliphatic carbocycles. The number of amides is 2. The van der Waals surface area contributed by atoms with Gasteiger partial charge in [-0.25, -0.2) is 4.79 Å². The zero-order valence-electron chi connectivity index (χ0n) is 14.4. The van der Waals surface area contributed by atoms with Gasteiger partial charge in [-0.1, -0.05) is 18.2 Å². The smallest absolute Gasteiger partial charge is 0.315 e. The molecule has 3 rings (SSSR count). The van der Waals surface area contributed by atoms with Gasteiger partial charge in [0, 0.05) is 19.3 Å². The quantitative estimate of drug-likeness (QED) is 0.871. The van der Waals surface area contributed by atoms with E-state index in [1.165, 1.54) is 0 Å². The maximum absolute atomic E-state index is 12.3. The first kappa shape index (κ1) is 17.1. The van der Waals surface area contributed by atoms with E-state index < -0.39 is 0 Å². The van der Waals surface area contributed by atoms with Crippen LogP contribution in [-0.4, -0.2) is 37.4 Å². The molecule has 2 aliphatic rings. The fraction of sp³-hybridized carbons (Fsp3) is 0.632. The molecular formula is C19H28N2O3. The first-order valence-electron chi connectivity index (χ1n) is 9.09. The first-order chi connectivity index (χ1) is 11.7. The molecule has 1 aromatic rings. The summed E-state index contributed by atoms with van der Waals surface area (Å²) in [7, 11) is 0. The average Bonchev–Trinajstić information content (AvgIpc) is 3.03. The molecule has 1 heterocycles. The summed E-state index contributed by atoms with van der Waals surface area (Å²) >= 11 is 0. The predicted octanol–water partition coefficient (Wildman–Crippen LogP) is 3.10. The Hall–Kier alpha value is -1.75. The van der Waals surface area contributed by atoms with E-state index in [4.69, 9.17) is 9.47 Å². The lowest BCUT2D eigenvalue weighted by atomic mass is 9.93. The van der Waals surface area contributed by atoms with E-state index in [-0.39, 0.29) is 24.2 Å². The van der Waals surface area contributed by atoms with Gasteiger partial charge in [0.05, 0.1) is 6.04 Å². The standard InChI is InChI=1S/C19H28N2O3/c1-14(15-10-12-23-13-11-15)20-19(22)21-17-8-5-9-18(17)24-16-6-3-2-4-7-16/h2-4,6-7,14-15,17-18H,5,8-13H2,1H3,(H2,20,21,22)/t14-,17-,18-/m0/s1. The Labute approximate surface area is 144 Å². The van der Waals surface area contributed by atoms with Crippen LogP contribution in [0.5, 0.6) is 5.75 Å². The first-order valence-corrected chi connectivity index (χ1v) is 9.09. The molecule has 132 valence electrons. The third kappa shape index (κ3) is 4.63. The van der Waals surface area contributed by atoms with Crippen molar-refractivity contribution in [3.05, 3.63) is 30.3 Å². The summed E-state index contributed by atoms with van der Waals surface area (Å²) in [4.78, 5) is 12.3. The molecule has 5 nitrogen and oxygen atoms in total. The molecule has 0 unspecified atom stereocenters. The molecule has 2 N–H and O–H groups in total. The maximum Gasteiger partial charge on any atom is 0.315 e. The van der Waals surface area contributed by atoms with Crippen LogP contribution in [-0.2, 0) is 4.74 Å². The van der Waals surface area contributed by atoms with E-state index in [0.717, 1.165) is 51.1 Å². The number of rotatable bonds is 5. The van der Waals surface area contributed by atoms with Crippen molar-refractivity contribution < 1.29 is 14.3 Å². The minimum atomic E-state index is -0.0810. The highest BCUT2D eigenvalue weighted by Gasteiger charge is 2.31. The van der Waals surface area contributed by atoms with E-state index in [2.05, 4.69) is 17.6 Å². The molecule has 1 saturated heterocycles. The van der Waals surface area contributed by atoms with Gasteiger partial charge >= 0.3 is 6.03 Å². The number of para-hydroxylation sites is 1. The number of carbonyl (C=O) groups excluding carboxylic acids is 1. The number of nitrogens with one attached hydrogen (secondary N) is 2. The van der Waals surface area contributed by atoms with Gasteiger partial charge in [0.25, 0.3) is 0 Å². The Balaban J connectivity index is 1.47. The Morgan fingerprint density at radius 2 is 1.92 bits per heavy atom. The fourth-order valence-corrected chi connectivity index (χ4v) is 3.66. The van der Waals surface area contributed by atoms with E-state index in [1.54, 1.807) is 0 Å². The minimum absolute atomic E-state index is 0.0523. The third-order valence-corrected chi connectivity index (χ3v) is 5.13. The van der Waals surface area contributed by atoms with E-state index in [0.29, 0.717) is 5.92 Å². The number of benzene rings is 1. The predicted molar refractivity (Wildman–Crippen MR) is 93.2 cm³/mol. The summed E-state index contributed by atoms with van der Waals surface area (Å²) < 4.78 is 11.4. The molecule has 0 spiro atoms. The van der Waals surface area contributed by atoms with Crippen molar-refractivity contribution in [2.24, 2.45) is 5.92 Å². The molecular weight excluding hydrogens is 304 g/mol. The third-order valence-electron chi connectivity index (χ3n) is 5.13. The molecule has 24 heavy (non-hydrogen) atoms. The Morgan fingerprint density at radius 1 is 1.17 bits per heavy atom. The fourth-order valence-electron chi connectivity index (χ4n) is 3.66. The van der Waals surface area contributed by atoms with Crippen LogP contribution in [0.1, 0.15) is 39.0 Å². The summed E-state index contributed by atoms with van der Waals surface area (Å²) in [5.41, 5.74) is 0. The maximum atomic E-state index is 12.3. The largest absolute Gasteiger partial charge is 0.488 e. The molecule has 3 atom stereocenters. The highest BCUT2D eigenvalue weighted by Crippen LogP contribution is 2.25. The second-order valence-corrected chi connectivity index (χ2v) is 6.86. The van der Waals surface area contributed by atoms with Gasteiger partial charge in [-0.15, -0.1) is 0 Å². The number of hydrogen-bond donors (Lipinski definition) is 2. The normalized spacial score (nSPS) is 25.9. The van der Waals surface area contributed by atoms with Crippen LogP contribution in [0, 0.1) is 5.92 Å². The van der Waals surface area contributed by atoms with Gasteiger partial charge in [-0.05, 0) is 57.1 Å². The molecule has 1 aliphatic heterocycles. The SMILES string of the molecule is C[C@H](NC(=O)N[C@H]1CCC[C@@H]1Oc1ccccc1)C1CCOCC1. The lowest BCUT2D eigenvalue weighted by Crippen LogP contribution is -2.51. The van der Waals surface area contributed by atoms with Crippen LogP contribution in [0.25, 0.3) is 0 Å². The Bertz CT molecular complexity index is 517. The van der Waals surface area contributed by atoms with E-state index in [1.807, 2.05) is 30.3 Å². The lowest BCUT2D eigenvalue weighted by Gasteiger charge is -2.29. The molecule has 1 aromatic carbocycles. The zero-order chi connectivity index (χ0) is 16.8. The number of carbonyl (C=O) groups is 1. The van der Waals surface area contributed by atoms with Gasteiger partial charge in [0.2, 0.25) is 0 Å². The molecule has 0 radical (unpaired) electrons. The van der Waals surface area contributed by atoms with E-state index in [9.17, 15) is 4.79 Å². The van der Waals surface area contributed by atoms with Crippen LogP contribution in [0.4, 0.5) is 4.79 Å². The lowest BCUT2D eigenvalue weighted by molar-refractivity contribution is 0.0569. The minimum Gasteiger partial charge on any atom is -0.488 e. The zero-order valence-corrected chi connectivity index (χ0v) is 14.4. The van der Waals surface area contributed by atoms with Crippen molar-refractivity contribution in [3.8, 4) is 5.75 Å². The average molecular weight is 332 g/mol. The summed E-state index contributed by atoms with van der Waals surface area (Å²) in [6.07, 6.45) is 5.12. The van der Waals surface area contributed by atoms with Gasteiger partial charge in [-0.3, -0.25) is 0 Å². The van der Waals surface area contributed by atoms with Crippen LogP contribution in [0.3, 0.4) is 0 Å². The van der Waals surface area contributed by atoms with Gasteiger partial charge in [0.1, 0.15) is 11.9 Å². The number of urea groups is 1. The van der Waals surface area contributed by atoms with Crippen molar-refractivity contribution >= 4 is 6.03 Å². The van der Waals surface area contributed by atoms with Gasteiger partial charge < -0.3 is 20.1 Å². The van der Waals surface area contributed by atoms with Crippen molar-refractivity contribution in [2.75, 3.05) is 13.2 Å². The van der Waals surface area contributed by atoms with Crippen LogP contribution >= 0.6 is 0 Å². The molecule has 0 bridgehead atoms. The van der Waals surface area contributed by atoms with Crippen molar-refractivity contribution in [1.29, 1.82) is 0 Å².